The first-order valence-corrected chi connectivity index (χ1v) is 9.27. The summed E-state index contributed by atoms with van der Waals surface area (Å²) in [6.45, 7) is 3.72. The summed E-state index contributed by atoms with van der Waals surface area (Å²) < 4.78 is 5.51. The molecule has 3 heterocycles. The second-order valence-electron chi connectivity index (χ2n) is 7.43. The van der Waals surface area contributed by atoms with Crippen molar-refractivity contribution in [3.8, 4) is 0 Å². The first-order chi connectivity index (χ1) is 12.3. The Morgan fingerprint density at radius 3 is 2.84 bits per heavy atom. The van der Waals surface area contributed by atoms with Crippen LogP contribution in [0.1, 0.15) is 42.0 Å². The molecule has 4 heteroatoms. The lowest BCUT2D eigenvalue weighted by Crippen LogP contribution is -2.41. The fourth-order valence-corrected chi connectivity index (χ4v) is 4.53. The van der Waals surface area contributed by atoms with Gasteiger partial charge in [0.05, 0.1) is 12.3 Å². The highest BCUT2D eigenvalue weighted by molar-refractivity contribution is 5.65. The zero-order valence-electron chi connectivity index (χ0n) is 14.4. The Morgan fingerprint density at radius 2 is 2.00 bits per heavy atom. The smallest absolute Gasteiger partial charge is 0.132 e. The van der Waals surface area contributed by atoms with Crippen molar-refractivity contribution in [1.82, 2.24) is 9.97 Å². The van der Waals surface area contributed by atoms with Gasteiger partial charge in [-0.05, 0) is 30.4 Å². The lowest BCUT2D eigenvalue weighted by molar-refractivity contribution is 0.193. The number of benzene rings is 1. The van der Waals surface area contributed by atoms with Crippen LogP contribution in [0.2, 0.25) is 0 Å². The second kappa shape index (κ2) is 5.95. The molecule has 0 saturated carbocycles. The van der Waals surface area contributed by atoms with Crippen molar-refractivity contribution < 1.29 is 4.74 Å². The van der Waals surface area contributed by atoms with Crippen LogP contribution in [-0.2, 0) is 10.2 Å². The van der Waals surface area contributed by atoms with Gasteiger partial charge in [-0.15, -0.1) is 0 Å². The van der Waals surface area contributed by atoms with Gasteiger partial charge in [0.1, 0.15) is 12.1 Å². The lowest BCUT2D eigenvalue weighted by atomic mass is 9.74. The predicted octanol–water partition coefficient (Wildman–Crippen LogP) is 3.55. The molecule has 0 unspecified atom stereocenters. The van der Waals surface area contributed by atoms with Crippen LogP contribution in [0.4, 0.5) is 5.82 Å². The summed E-state index contributed by atoms with van der Waals surface area (Å²) in [7, 11) is 0. The molecule has 4 nitrogen and oxygen atoms in total. The summed E-state index contributed by atoms with van der Waals surface area (Å²) in [6.07, 6.45) is 9.81. The second-order valence-corrected chi connectivity index (χ2v) is 7.43. The van der Waals surface area contributed by atoms with Crippen molar-refractivity contribution in [2.24, 2.45) is 0 Å². The highest BCUT2D eigenvalue weighted by Crippen LogP contribution is 2.44. The van der Waals surface area contributed by atoms with Gasteiger partial charge in [0.15, 0.2) is 0 Å². The quantitative estimate of drug-likeness (QED) is 0.842. The molecule has 5 rings (SSSR count). The van der Waals surface area contributed by atoms with E-state index in [4.69, 9.17) is 4.74 Å². The minimum atomic E-state index is 0.224. The van der Waals surface area contributed by atoms with Crippen molar-refractivity contribution in [1.29, 1.82) is 0 Å². The molecule has 1 spiro atoms. The molecule has 1 aliphatic carbocycles. The van der Waals surface area contributed by atoms with Crippen LogP contribution >= 0.6 is 0 Å². The topological polar surface area (TPSA) is 38.2 Å². The standard InChI is InChI=1S/C21H23N3O/c1-2-4-18-16(3-1)5-7-21(18)8-10-24(11-9-21)20-13-19(22-15-23-20)17-6-12-25-14-17/h1-5,7,13,15,17H,6,8-12,14H2/t17-/m1/s1. The number of nitrogens with zero attached hydrogens (tertiary/aromatic N) is 3. The molecule has 2 saturated heterocycles. The van der Waals surface area contributed by atoms with Gasteiger partial charge in [0, 0.05) is 37.1 Å². The Balaban J connectivity index is 1.34. The van der Waals surface area contributed by atoms with E-state index in [0.717, 1.165) is 57.1 Å². The first-order valence-electron chi connectivity index (χ1n) is 9.27. The van der Waals surface area contributed by atoms with Crippen molar-refractivity contribution in [2.75, 3.05) is 31.2 Å². The van der Waals surface area contributed by atoms with Crippen molar-refractivity contribution in [3.63, 3.8) is 0 Å². The van der Waals surface area contributed by atoms with Gasteiger partial charge >= 0.3 is 0 Å². The number of allylic oxidation sites excluding steroid dienone is 1. The highest BCUT2D eigenvalue weighted by Gasteiger charge is 2.38. The third-order valence-electron chi connectivity index (χ3n) is 6.08. The SMILES string of the molecule is C1=CC2(CCN(c3cc([C@@H]4CCOC4)ncn3)CC2)c2ccccc21. The molecule has 3 aliphatic rings. The van der Waals surface area contributed by atoms with E-state index in [-0.39, 0.29) is 5.41 Å². The maximum atomic E-state index is 5.51. The number of aromatic nitrogens is 2. The van der Waals surface area contributed by atoms with Gasteiger partial charge in [0.25, 0.3) is 0 Å². The minimum Gasteiger partial charge on any atom is -0.381 e. The Kier molecular flexibility index (Phi) is 3.59. The van der Waals surface area contributed by atoms with Crippen LogP contribution in [0.5, 0.6) is 0 Å². The molecular weight excluding hydrogens is 310 g/mol. The molecule has 25 heavy (non-hydrogen) atoms. The van der Waals surface area contributed by atoms with E-state index in [1.165, 1.54) is 11.1 Å². The number of ether oxygens (including phenoxy) is 1. The minimum absolute atomic E-state index is 0.224. The van der Waals surface area contributed by atoms with Crippen LogP contribution < -0.4 is 4.90 Å². The summed E-state index contributed by atoms with van der Waals surface area (Å²) in [5.74, 6) is 1.50. The Morgan fingerprint density at radius 1 is 1.12 bits per heavy atom. The van der Waals surface area contributed by atoms with Crippen molar-refractivity contribution in [2.45, 2.75) is 30.6 Å². The van der Waals surface area contributed by atoms with E-state index >= 15 is 0 Å². The van der Waals surface area contributed by atoms with Crippen LogP contribution in [-0.4, -0.2) is 36.3 Å². The van der Waals surface area contributed by atoms with Crippen LogP contribution in [0.15, 0.2) is 42.7 Å². The summed E-state index contributed by atoms with van der Waals surface area (Å²) in [6, 6.07) is 11.0. The van der Waals surface area contributed by atoms with Crippen LogP contribution in [0.3, 0.4) is 0 Å². The fourth-order valence-electron chi connectivity index (χ4n) is 4.53. The molecule has 0 bridgehead atoms. The zero-order chi connectivity index (χ0) is 16.7. The van der Waals surface area contributed by atoms with E-state index in [0.29, 0.717) is 5.92 Å². The third-order valence-corrected chi connectivity index (χ3v) is 6.08. The molecule has 1 atom stereocenters. The van der Waals surface area contributed by atoms with E-state index < -0.39 is 0 Å². The number of hydrogen-bond donors (Lipinski definition) is 0. The van der Waals surface area contributed by atoms with E-state index in [1.807, 2.05) is 0 Å². The molecule has 0 N–H and O–H groups in total. The molecule has 2 aliphatic heterocycles. The Hall–Kier alpha value is -2.20. The molecule has 2 fully saturated rings. The maximum Gasteiger partial charge on any atom is 0.132 e. The fraction of sp³-hybridized carbons (Fsp3) is 0.429. The average Bonchev–Trinajstić information content (AvgIpc) is 3.33. The Bertz CT molecular complexity index is 802. The molecular formula is C21H23N3O. The van der Waals surface area contributed by atoms with Gasteiger partial charge in [-0.1, -0.05) is 36.4 Å². The van der Waals surface area contributed by atoms with Crippen LogP contribution in [0.25, 0.3) is 6.08 Å². The molecule has 0 radical (unpaired) electrons. The molecule has 1 aromatic heterocycles. The van der Waals surface area contributed by atoms with Gasteiger partial charge in [0.2, 0.25) is 0 Å². The number of fused-ring (bicyclic) bond motifs is 2. The maximum absolute atomic E-state index is 5.51. The average molecular weight is 333 g/mol. The zero-order valence-corrected chi connectivity index (χ0v) is 14.4. The molecule has 128 valence electrons. The number of rotatable bonds is 2. The number of hydrogen-bond acceptors (Lipinski definition) is 4. The predicted molar refractivity (Wildman–Crippen MR) is 98.8 cm³/mol. The molecule has 0 amide bonds. The van der Waals surface area contributed by atoms with Gasteiger partial charge in [-0.3, -0.25) is 0 Å². The summed E-state index contributed by atoms with van der Waals surface area (Å²) >= 11 is 0. The van der Waals surface area contributed by atoms with Crippen molar-refractivity contribution >= 4 is 11.9 Å². The normalized spacial score (nSPS) is 24.0. The van der Waals surface area contributed by atoms with E-state index in [2.05, 4.69) is 57.4 Å². The number of piperidine rings is 1. The van der Waals surface area contributed by atoms with Gasteiger partial charge in [-0.2, -0.15) is 0 Å². The van der Waals surface area contributed by atoms with E-state index in [1.54, 1.807) is 6.33 Å². The first kappa shape index (κ1) is 15.1. The monoisotopic (exact) mass is 333 g/mol. The summed E-state index contributed by atoms with van der Waals surface area (Å²) in [5, 5.41) is 0. The van der Waals surface area contributed by atoms with Crippen LogP contribution in [0, 0.1) is 0 Å². The largest absolute Gasteiger partial charge is 0.381 e. The Labute approximate surface area is 148 Å². The van der Waals surface area contributed by atoms with Gasteiger partial charge in [-0.25, -0.2) is 9.97 Å². The number of anilines is 1. The van der Waals surface area contributed by atoms with Crippen molar-refractivity contribution in [3.05, 3.63) is 59.6 Å². The summed E-state index contributed by atoms with van der Waals surface area (Å²) in [5.41, 5.74) is 4.25. The molecule has 2 aromatic rings. The lowest BCUT2D eigenvalue weighted by Gasteiger charge is -2.39. The van der Waals surface area contributed by atoms with E-state index in [9.17, 15) is 0 Å². The summed E-state index contributed by atoms with van der Waals surface area (Å²) in [4.78, 5) is 11.5. The third kappa shape index (κ3) is 2.56. The highest BCUT2D eigenvalue weighted by atomic mass is 16.5. The molecule has 1 aromatic carbocycles. The van der Waals surface area contributed by atoms with Gasteiger partial charge < -0.3 is 9.64 Å².